The van der Waals surface area contributed by atoms with Gasteiger partial charge < -0.3 is 5.11 Å². The molecule has 0 unspecified atom stereocenters. The first-order valence-electron chi connectivity index (χ1n) is 12.5. The van der Waals surface area contributed by atoms with E-state index in [4.69, 9.17) is 0 Å². The molecule has 0 heterocycles. The van der Waals surface area contributed by atoms with Crippen molar-refractivity contribution in [2.45, 2.75) is 99.0 Å². The Morgan fingerprint density at radius 1 is 1.06 bits per heavy atom. The number of benzene rings is 2. The van der Waals surface area contributed by atoms with Crippen LogP contribution in [0.25, 0.3) is 0 Å². The third-order valence-electron chi connectivity index (χ3n) is 6.05. The maximum absolute atomic E-state index is 11.0. The molecule has 2 aromatic carbocycles. The SMILES string of the molecule is CC1CCC1.CCC(=O)CCc1ccccc1.CCC(C)=Nc1ccc(C(C)(C)O)cc1C. The lowest BCUT2D eigenvalue weighted by Gasteiger charge is -2.18. The van der Waals surface area contributed by atoms with E-state index in [-0.39, 0.29) is 0 Å². The van der Waals surface area contributed by atoms with E-state index in [1.165, 1.54) is 24.8 Å². The van der Waals surface area contributed by atoms with Gasteiger partial charge in [0, 0.05) is 18.6 Å². The molecule has 0 aromatic heterocycles. The lowest BCUT2D eigenvalue weighted by Crippen LogP contribution is -2.15. The Morgan fingerprint density at radius 2 is 1.67 bits per heavy atom. The van der Waals surface area contributed by atoms with Gasteiger partial charge in [0.05, 0.1) is 11.3 Å². The van der Waals surface area contributed by atoms with Gasteiger partial charge in [-0.05, 0) is 69.2 Å². The van der Waals surface area contributed by atoms with Crippen LogP contribution in [0.1, 0.15) is 96.8 Å². The minimum absolute atomic E-state index is 0.346. The fourth-order valence-electron chi connectivity index (χ4n) is 3.16. The van der Waals surface area contributed by atoms with Crippen LogP contribution in [0, 0.1) is 12.8 Å². The Balaban J connectivity index is 0.000000279. The van der Waals surface area contributed by atoms with Gasteiger partial charge in [0.25, 0.3) is 0 Å². The summed E-state index contributed by atoms with van der Waals surface area (Å²) in [7, 11) is 0. The predicted octanol–water partition coefficient (Wildman–Crippen LogP) is 8.13. The lowest BCUT2D eigenvalue weighted by atomic mass is 9.88. The summed E-state index contributed by atoms with van der Waals surface area (Å²) in [6.07, 6.45) is 7.65. The molecule has 1 fully saturated rings. The molecule has 33 heavy (non-hydrogen) atoms. The molecule has 1 saturated carbocycles. The molecule has 0 saturated heterocycles. The monoisotopic (exact) mass is 451 g/mol. The summed E-state index contributed by atoms with van der Waals surface area (Å²) in [5.41, 5.74) is 4.61. The van der Waals surface area contributed by atoms with E-state index >= 15 is 0 Å². The van der Waals surface area contributed by atoms with Crippen molar-refractivity contribution >= 4 is 17.2 Å². The molecule has 0 aliphatic heterocycles. The standard InChI is InChI=1S/C14H21NO.C11H14O.C5H10/c1-6-11(3)15-13-8-7-12(9-10(13)2)14(4,5)16;1-2-11(12)9-8-10-6-4-3-5-7-10;1-5-3-2-4-5/h7-9,16H,6H2,1-5H3;3-7H,2,8-9H2,1H3;5H,2-4H2,1H3. The molecule has 1 N–H and O–H groups in total. The van der Waals surface area contributed by atoms with Crippen molar-refractivity contribution < 1.29 is 9.90 Å². The highest BCUT2D eigenvalue weighted by atomic mass is 16.3. The van der Waals surface area contributed by atoms with Gasteiger partial charge in [0.15, 0.2) is 0 Å². The van der Waals surface area contributed by atoms with Gasteiger partial charge in [-0.1, -0.05) is 82.5 Å². The zero-order valence-electron chi connectivity index (χ0n) is 21.9. The molecular formula is C30H45NO2. The summed E-state index contributed by atoms with van der Waals surface area (Å²) >= 11 is 0. The number of rotatable bonds is 7. The van der Waals surface area contributed by atoms with Crippen LogP contribution in [-0.4, -0.2) is 16.6 Å². The number of ketones is 1. The number of carbonyl (C=O) groups excluding carboxylic acids is 1. The zero-order valence-corrected chi connectivity index (χ0v) is 21.9. The summed E-state index contributed by atoms with van der Waals surface area (Å²) in [6, 6.07) is 16.0. The Kier molecular flexibility index (Phi) is 12.9. The molecule has 0 amide bonds. The van der Waals surface area contributed by atoms with E-state index in [0.29, 0.717) is 18.6 Å². The molecule has 3 nitrogen and oxygen atoms in total. The van der Waals surface area contributed by atoms with E-state index in [1.807, 2.05) is 57.2 Å². The van der Waals surface area contributed by atoms with Crippen LogP contribution in [-0.2, 0) is 16.8 Å². The number of carbonyl (C=O) groups is 1. The number of hydrogen-bond donors (Lipinski definition) is 1. The van der Waals surface area contributed by atoms with E-state index in [2.05, 4.69) is 31.0 Å². The maximum atomic E-state index is 11.0. The average molecular weight is 452 g/mol. The van der Waals surface area contributed by atoms with Gasteiger partial charge in [0.1, 0.15) is 5.78 Å². The Hall–Kier alpha value is -2.26. The molecule has 1 aliphatic carbocycles. The van der Waals surface area contributed by atoms with Gasteiger partial charge in [-0.15, -0.1) is 0 Å². The van der Waals surface area contributed by atoms with Crippen molar-refractivity contribution in [3.8, 4) is 0 Å². The molecule has 1 aliphatic rings. The summed E-state index contributed by atoms with van der Waals surface area (Å²) in [5.74, 6) is 1.41. The summed E-state index contributed by atoms with van der Waals surface area (Å²) in [4.78, 5) is 15.5. The highest BCUT2D eigenvalue weighted by Gasteiger charge is 2.16. The zero-order chi connectivity index (χ0) is 24.9. The van der Waals surface area contributed by atoms with E-state index in [1.54, 1.807) is 13.8 Å². The minimum Gasteiger partial charge on any atom is -0.386 e. The van der Waals surface area contributed by atoms with Crippen molar-refractivity contribution in [2.75, 3.05) is 0 Å². The van der Waals surface area contributed by atoms with Crippen molar-refractivity contribution in [1.29, 1.82) is 0 Å². The van der Waals surface area contributed by atoms with Crippen molar-refractivity contribution in [3.63, 3.8) is 0 Å². The smallest absolute Gasteiger partial charge is 0.132 e. The van der Waals surface area contributed by atoms with Crippen molar-refractivity contribution in [3.05, 3.63) is 65.2 Å². The van der Waals surface area contributed by atoms with Crippen LogP contribution in [0.15, 0.2) is 53.5 Å². The second-order valence-corrected chi connectivity index (χ2v) is 9.67. The molecule has 0 bridgehead atoms. The van der Waals surface area contributed by atoms with Crippen LogP contribution < -0.4 is 0 Å². The first-order valence-corrected chi connectivity index (χ1v) is 12.5. The molecule has 2 aromatic rings. The topological polar surface area (TPSA) is 49.7 Å². The van der Waals surface area contributed by atoms with Gasteiger partial charge in [-0.25, -0.2) is 0 Å². The van der Waals surface area contributed by atoms with Gasteiger partial charge in [-0.2, -0.15) is 0 Å². The van der Waals surface area contributed by atoms with E-state index < -0.39 is 5.60 Å². The summed E-state index contributed by atoms with van der Waals surface area (Å²) in [5, 5.41) is 9.90. The summed E-state index contributed by atoms with van der Waals surface area (Å²) in [6.45, 7) is 14.0. The molecule has 0 spiro atoms. The lowest BCUT2D eigenvalue weighted by molar-refractivity contribution is -0.118. The second-order valence-electron chi connectivity index (χ2n) is 9.67. The van der Waals surface area contributed by atoms with Crippen LogP contribution in [0.3, 0.4) is 0 Å². The van der Waals surface area contributed by atoms with E-state index in [0.717, 1.165) is 41.3 Å². The van der Waals surface area contributed by atoms with Crippen molar-refractivity contribution in [1.82, 2.24) is 0 Å². The number of aryl methyl sites for hydroxylation is 2. The molecular weight excluding hydrogens is 406 g/mol. The normalized spacial score (nSPS) is 13.8. The highest BCUT2D eigenvalue weighted by molar-refractivity contribution is 5.84. The average Bonchev–Trinajstić information content (AvgIpc) is 2.78. The Morgan fingerprint density at radius 3 is 2.09 bits per heavy atom. The Bertz CT molecular complexity index is 859. The second kappa shape index (κ2) is 14.8. The highest BCUT2D eigenvalue weighted by Crippen LogP contribution is 2.26. The van der Waals surface area contributed by atoms with Gasteiger partial charge >= 0.3 is 0 Å². The van der Waals surface area contributed by atoms with Crippen LogP contribution in [0.5, 0.6) is 0 Å². The number of aliphatic hydroxyl groups is 1. The molecule has 3 heteroatoms. The van der Waals surface area contributed by atoms with Crippen LogP contribution in [0.4, 0.5) is 5.69 Å². The largest absolute Gasteiger partial charge is 0.386 e. The third-order valence-corrected chi connectivity index (χ3v) is 6.05. The van der Waals surface area contributed by atoms with E-state index in [9.17, 15) is 9.90 Å². The first-order chi connectivity index (χ1) is 15.6. The number of aliphatic imine (C=N–C) groups is 1. The number of hydrogen-bond acceptors (Lipinski definition) is 3. The molecule has 0 atom stereocenters. The molecule has 3 rings (SSSR count). The summed E-state index contributed by atoms with van der Waals surface area (Å²) < 4.78 is 0. The van der Waals surface area contributed by atoms with Crippen molar-refractivity contribution in [2.24, 2.45) is 10.9 Å². The molecule has 0 radical (unpaired) electrons. The van der Waals surface area contributed by atoms with Crippen LogP contribution in [0.2, 0.25) is 0 Å². The fourth-order valence-corrected chi connectivity index (χ4v) is 3.16. The first kappa shape index (κ1) is 28.8. The fraction of sp³-hybridized carbons (Fsp3) is 0.533. The maximum Gasteiger partial charge on any atom is 0.132 e. The number of Topliss-reactive ketones (excluding diaryl/α,β-unsaturated/α-hetero) is 1. The van der Waals surface area contributed by atoms with Gasteiger partial charge in [-0.3, -0.25) is 9.79 Å². The van der Waals surface area contributed by atoms with Crippen LogP contribution >= 0.6 is 0 Å². The number of nitrogens with zero attached hydrogens (tertiary/aromatic N) is 1. The predicted molar refractivity (Wildman–Crippen MR) is 143 cm³/mol. The molecule has 182 valence electrons. The minimum atomic E-state index is -0.785. The third kappa shape index (κ3) is 12.0. The quantitative estimate of drug-likeness (QED) is 0.432. The Labute approximate surface area is 202 Å². The van der Waals surface area contributed by atoms with Gasteiger partial charge in [0.2, 0.25) is 0 Å².